The first-order valence-corrected chi connectivity index (χ1v) is 20.8. The minimum Gasteiger partial charge on any atom is -0.492 e. The summed E-state index contributed by atoms with van der Waals surface area (Å²) in [6.45, 7) is -0.827. The molecule has 0 aliphatic rings. The lowest BCUT2D eigenvalue weighted by Crippen LogP contribution is -2.15. The highest BCUT2D eigenvalue weighted by Crippen LogP contribution is 2.36. The lowest BCUT2D eigenvalue weighted by molar-refractivity contribution is 0.0690. The second kappa shape index (κ2) is 15.8. The fourth-order valence-corrected chi connectivity index (χ4v) is 7.17. The predicted octanol–water partition coefficient (Wildman–Crippen LogP) is 3.10. The number of anilines is 4. The fraction of sp³-hybridized carbons (Fsp3) is 0.0741. The number of hydrogen-bond donors (Lipinski definition) is 7. The molecule has 29 heteroatoms. The van der Waals surface area contributed by atoms with E-state index in [1.807, 2.05) is 0 Å². The van der Waals surface area contributed by atoms with Gasteiger partial charge in [-0.1, -0.05) is 0 Å². The van der Waals surface area contributed by atoms with Crippen molar-refractivity contribution in [1.29, 1.82) is 0 Å². The minimum atomic E-state index is -5.07. The molecule has 0 bridgehead atoms. The second-order valence-electron chi connectivity index (χ2n) is 10.7. The van der Waals surface area contributed by atoms with Crippen LogP contribution in [0.1, 0.15) is 10.5 Å². The SMILES string of the molecule is O=C(O)c1nn(-c2ccc(S(=O)(=O)O)cc2)c(O)c1/N=N/c1ccc(Nc2nc(Cl)nc(Nc3ccc(S(=O)(=O)CCOS(=O)(=O)O)cc3)n2)cc1S(=O)(=O)O. The second-order valence-corrected chi connectivity index (χ2v) is 17.0. The van der Waals surface area contributed by atoms with Gasteiger partial charge in [0.1, 0.15) is 10.6 Å². The van der Waals surface area contributed by atoms with Crippen molar-refractivity contribution in [2.45, 2.75) is 14.7 Å². The Labute approximate surface area is 319 Å². The maximum atomic E-state index is 12.4. The summed E-state index contributed by atoms with van der Waals surface area (Å²) in [7, 11) is -18.5. The number of carboxylic acid groups (broad SMARTS) is 1. The van der Waals surface area contributed by atoms with Gasteiger partial charge in [0.25, 0.3) is 20.2 Å². The number of hydrogen-bond acceptors (Lipinski definition) is 19. The van der Waals surface area contributed by atoms with Crippen molar-refractivity contribution in [2.24, 2.45) is 10.2 Å². The highest BCUT2D eigenvalue weighted by atomic mass is 35.5. The number of aromatic hydroxyl groups is 1. The molecule has 296 valence electrons. The van der Waals surface area contributed by atoms with E-state index in [-0.39, 0.29) is 39.1 Å². The Bertz CT molecular complexity index is 2820. The lowest BCUT2D eigenvalue weighted by atomic mass is 10.3. The molecule has 0 saturated carbocycles. The summed E-state index contributed by atoms with van der Waals surface area (Å²) in [5, 5.41) is 36.5. The van der Waals surface area contributed by atoms with E-state index in [1.54, 1.807) is 0 Å². The molecule has 3 aromatic carbocycles. The van der Waals surface area contributed by atoms with Gasteiger partial charge in [0.05, 0.1) is 27.8 Å². The molecule has 0 aliphatic carbocycles. The van der Waals surface area contributed by atoms with Crippen molar-refractivity contribution in [3.05, 3.63) is 77.7 Å². The molecule has 2 aromatic heterocycles. The summed E-state index contributed by atoms with van der Waals surface area (Å²) in [6, 6.07) is 12.1. The Hall–Kier alpha value is -5.72. The molecule has 0 fully saturated rings. The molecular formula is C27H22ClN9O15S4. The number of carbonyl (C=O) groups is 1. The Morgan fingerprint density at radius 2 is 1.34 bits per heavy atom. The lowest BCUT2D eigenvalue weighted by Gasteiger charge is -2.10. The molecule has 56 heavy (non-hydrogen) atoms. The van der Waals surface area contributed by atoms with Gasteiger partial charge in [0.15, 0.2) is 15.5 Å². The summed E-state index contributed by atoms with van der Waals surface area (Å²) >= 11 is 6.03. The molecule has 0 aliphatic heterocycles. The van der Waals surface area contributed by atoms with Gasteiger partial charge in [0, 0.05) is 11.4 Å². The van der Waals surface area contributed by atoms with Crippen LogP contribution in [0.15, 0.2) is 91.6 Å². The number of halogens is 1. The number of rotatable bonds is 15. The van der Waals surface area contributed by atoms with E-state index in [0.29, 0.717) is 4.68 Å². The first-order chi connectivity index (χ1) is 26.0. The number of nitrogens with zero attached hydrogens (tertiary/aromatic N) is 7. The number of aromatic nitrogens is 5. The van der Waals surface area contributed by atoms with Crippen LogP contribution in [0, 0.1) is 0 Å². The highest BCUT2D eigenvalue weighted by molar-refractivity contribution is 7.91. The monoisotopic (exact) mass is 875 g/mol. The van der Waals surface area contributed by atoms with E-state index in [0.717, 1.165) is 36.4 Å². The third-order valence-corrected chi connectivity index (χ3v) is 10.9. The third kappa shape index (κ3) is 10.3. The Morgan fingerprint density at radius 1 is 0.768 bits per heavy atom. The third-order valence-electron chi connectivity index (χ3n) is 6.83. The fourth-order valence-electron chi connectivity index (χ4n) is 4.39. The van der Waals surface area contributed by atoms with Crippen molar-refractivity contribution in [1.82, 2.24) is 24.7 Å². The summed E-state index contributed by atoms with van der Waals surface area (Å²) in [4.78, 5) is 22.2. The van der Waals surface area contributed by atoms with Crippen molar-refractivity contribution in [3.63, 3.8) is 0 Å². The molecular weight excluding hydrogens is 854 g/mol. The molecule has 0 saturated heterocycles. The van der Waals surface area contributed by atoms with E-state index in [9.17, 15) is 57.8 Å². The maximum Gasteiger partial charge on any atom is 0.397 e. The number of benzene rings is 3. The van der Waals surface area contributed by atoms with Crippen LogP contribution < -0.4 is 10.6 Å². The van der Waals surface area contributed by atoms with Gasteiger partial charge in [-0.05, 0) is 78.3 Å². The number of aromatic carboxylic acids is 1. The quantitative estimate of drug-likeness (QED) is 0.0586. The van der Waals surface area contributed by atoms with E-state index in [1.165, 1.54) is 30.3 Å². The van der Waals surface area contributed by atoms with Crippen molar-refractivity contribution < 1.29 is 66.5 Å². The minimum absolute atomic E-state index is 0.0714. The summed E-state index contributed by atoms with van der Waals surface area (Å²) in [5.74, 6) is -3.83. The van der Waals surface area contributed by atoms with Crippen LogP contribution in [0.5, 0.6) is 5.88 Å². The van der Waals surface area contributed by atoms with Crippen LogP contribution in [-0.4, -0.2) is 101 Å². The van der Waals surface area contributed by atoms with Gasteiger partial charge in [-0.2, -0.15) is 50.0 Å². The molecule has 0 amide bonds. The van der Waals surface area contributed by atoms with Crippen LogP contribution in [-0.2, 0) is 44.7 Å². The molecule has 0 radical (unpaired) electrons. The zero-order valence-electron chi connectivity index (χ0n) is 27.2. The van der Waals surface area contributed by atoms with E-state index < -0.39 is 91.5 Å². The Kier molecular flexibility index (Phi) is 11.7. The summed E-state index contributed by atoms with van der Waals surface area (Å²) in [5.41, 5.74) is -2.08. The summed E-state index contributed by atoms with van der Waals surface area (Å²) < 4.78 is 126. The smallest absolute Gasteiger partial charge is 0.397 e. The predicted molar refractivity (Wildman–Crippen MR) is 190 cm³/mol. The highest BCUT2D eigenvalue weighted by Gasteiger charge is 2.25. The van der Waals surface area contributed by atoms with E-state index in [2.05, 4.69) is 45.1 Å². The zero-order chi connectivity index (χ0) is 41.2. The molecule has 5 aromatic rings. The largest absolute Gasteiger partial charge is 0.492 e. The van der Waals surface area contributed by atoms with Crippen LogP contribution in [0.3, 0.4) is 0 Å². The van der Waals surface area contributed by atoms with Crippen LogP contribution in [0.25, 0.3) is 5.69 Å². The molecule has 24 nitrogen and oxygen atoms in total. The molecule has 2 heterocycles. The van der Waals surface area contributed by atoms with Crippen molar-refractivity contribution in [2.75, 3.05) is 23.0 Å². The number of carboxylic acids is 1. The average Bonchev–Trinajstić information content (AvgIpc) is 3.42. The Balaban J connectivity index is 1.37. The summed E-state index contributed by atoms with van der Waals surface area (Å²) in [6.07, 6.45) is 0. The van der Waals surface area contributed by atoms with Gasteiger partial charge in [0.2, 0.25) is 28.8 Å². The van der Waals surface area contributed by atoms with E-state index >= 15 is 0 Å². The average molecular weight is 876 g/mol. The van der Waals surface area contributed by atoms with Gasteiger partial charge >= 0.3 is 16.4 Å². The molecule has 7 N–H and O–H groups in total. The van der Waals surface area contributed by atoms with Gasteiger partial charge in [-0.15, -0.1) is 10.2 Å². The number of sulfone groups is 1. The first-order valence-electron chi connectivity index (χ1n) is 14.6. The van der Waals surface area contributed by atoms with Crippen LogP contribution in [0.2, 0.25) is 5.28 Å². The van der Waals surface area contributed by atoms with Crippen LogP contribution >= 0.6 is 11.6 Å². The first kappa shape index (κ1) is 41.4. The van der Waals surface area contributed by atoms with Crippen LogP contribution in [0.4, 0.5) is 34.6 Å². The van der Waals surface area contributed by atoms with Crippen molar-refractivity contribution in [3.8, 4) is 11.6 Å². The zero-order valence-corrected chi connectivity index (χ0v) is 31.2. The molecule has 0 atom stereocenters. The Morgan fingerprint density at radius 3 is 1.89 bits per heavy atom. The standard InChI is InChI=1S/C27H22ClN9O15S4/c28-25-31-26(29-14-1-6-17(7-2-14)53(41,42)12-11-52-56(49,50)51)33-27(32-25)30-15-3-10-19(20(13-15)55(46,47)48)34-35-21-22(24(39)40)36-37(23(21)38)16-4-8-18(9-5-16)54(43,44)45/h1-10,13,38H,11-12H2,(H,39,40)(H,43,44,45)(H,46,47,48)(H,49,50,51)(H2,29,30,31,32,33)/b35-34+. The molecule has 5 rings (SSSR count). The molecule has 0 unspecified atom stereocenters. The maximum absolute atomic E-state index is 12.4. The van der Waals surface area contributed by atoms with Gasteiger partial charge in [-0.3, -0.25) is 13.7 Å². The normalized spacial score (nSPS) is 12.5. The van der Waals surface area contributed by atoms with Gasteiger partial charge in [-0.25, -0.2) is 17.4 Å². The topological polar surface area (TPSA) is 369 Å². The van der Waals surface area contributed by atoms with Gasteiger partial charge < -0.3 is 20.8 Å². The number of azo groups is 1. The van der Waals surface area contributed by atoms with E-state index in [4.69, 9.17) is 16.2 Å². The molecule has 0 spiro atoms. The number of nitrogens with one attached hydrogen (secondary N) is 2. The van der Waals surface area contributed by atoms with Crippen molar-refractivity contribution >= 4 is 92.7 Å².